The molecule has 216 valence electrons. The van der Waals surface area contributed by atoms with E-state index >= 15 is 0 Å². The van der Waals surface area contributed by atoms with Gasteiger partial charge in [-0.1, -0.05) is 82.7 Å². The van der Waals surface area contributed by atoms with Gasteiger partial charge in [0.2, 0.25) is 5.90 Å². The standard InChI is InChI=1S/C34H32BrFN2O4/c35-29-15-7-24(8-16-29)23-34(33(40)37-20-19-36)31(27-11-9-26(10-12-27)25-5-2-1-3-6-25)42-32(38-34)28-13-17-30(18-14-28)41-22-4-21-39/h1-3,5-18,31,39H,4,19-23H2,(H,37,40)/t31-,34-/m1/s1. The van der Waals surface area contributed by atoms with Gasteiger partial charge < -0.3 is 19.9 Å². The molecule has 1 aliphatic rings. The molecule has 0 unspecified atom stereocenters. The van der Waals surface area contributed by atoms with Crippen LogP contribution in [0.2, 0.25) is 0 Å². The molecule has 0 spiro atoms. The number of aliphatic imine (C=N–C) groups is 1. The van der Waals surface area contributed by atoms with Gasteiger partial charge in [0, 0.05) is 36.0 Å². The predicted molar refractivity (Wildman–Crippen MR) is 165 cm³/mol. The van der Waals surface area contributed by atoms with Gasteiger partial charge in [-0.25, -0.2) is 9.38 Å². The van der Waals surface area contributed by atoms with Crippen molar-refractivity contribution in [3.05, 3.63) is 124 Å². The van der Waals surface area contributed by atoms with Gasteiger partial charge >= 0.3 is 0 Å². The van der Waals surface area contributed by atoms with Crippen molar-refractivity contribution < 1.29 is 23.8 Å². The second-order valence-electron chi connectivity index (χ2n) is 10.0. The van der Waals surface area contributed by atoms with Gasteiger partial charge in [-0.05, 0) is 58.7 Å². The first-order chi connectivity index (χ1) is 20.5. The predicted octanol–water partition coefficient (Wildman–Crippen LogP) is 6.46. The number of alkyl halides is 1. The number of aliphatic hydroxyl groups is 1. The fourth-order valence-corrected chi connectivity index (χ4v) is 5.25. The molecule has 4 aromatic rings. The Morgan fingerprint density at radius 3 is 2.26 bits per heavy atom. The van der Waals surface area contributed by atoms with Crippen molar-refractivity contribution in [3.8, 4) is 16.9 Å². The monoisotopic (exact) mass is 630 g/mol. The Morgan fingerprint density at radius 1 is 0.929 bits per heavy atom. The molecule has 1 heterocycles. The van der Waals surface area contributed by atoms with Gasteiger partial charge in [-0.2, -0.15) is 0 Å². The Labute approximate surface area is 253 Å². The van der Waals surface area contributed by atoms with E-state index < -0.39 is 24.2 Å². The molecular weight excluding hydrogens is 599 g/mol. The van der Waals surface area contributed by atoms with E-state index in [1.165, 1.54) is 0 Å². The Bertz CT molecular complexity index is 1500. The zero-order valence-electron chi connectivity index (χ0n) is 23.0. The first kappa shape index (κ1) is 29.5. The summed E-state index contributed by atoms with van der Waals surface area (Å²) >= 11 is 3.48. The Morgan fingerprint density at radius 2 is 1.60 bits per heavy atom. The Balaban J connectivity index is 1.55. The van der Waals surface area contributed by atoms with Gasteiger partial charge in [-0.3, -0.25) is 4.79 Å². The van der Waals surface area contributed by atoms with Crippen molar-refractivity contribution in [2.24, 2.45) is 4.99 Å². The number of aliphatic hydroxyl groups excluding tert-OH is 1. The average Bonchev–Trinajstić information content (AvgIpc) is 3.42. The molecule has 0 aromatic heterocycles. The smallest absolute Gasteiger partial charge is 0.252 e. The molecule has 0 bridgehead atoms. The lowest BCUT2D eigenvalue weighted by atomic mass is 9.81. The lowest BCUT2D eigenvalue weighted by molar-refractivity contribution is -0.129. The topological polar surface area (TPSA) is 80.2 Å². The van der Waals surface area contributed by atoms with E-state index in [0.717, 1.165) is 26.7 Å². The summed E-state index contributed by atoms with van der Waals surface area (Å²) in [6, 6.07) is 33.0. The van der Waals surface area contributed by atoms with Crippen molar-refractivity contribution in [2.75, 3.05) is 26.4 Å². The van der Waals surface area contributed by atoms with Crippen LogP contribution in [-0.2, 0) is 16.0 Å². The zero-order valence-corrected chi connectivity index (χ0v) is 24.6. The third-order valence-electron chi connectivity index (χ3n) is 7.12. The van der Waals surface area contributed by atoms with Crippen LogP contribution >= 0.6 is 15.9 Å². The van der Waals surface area contributed by atoms with Crippen LogP contribution in [0.5, 0.6) is 5.75 Å². The number of rotatable bonds is 12. The summed E-state index contributed by atoms with van der Waals surface area (Å²) in [4.78, 5) is 18.9. The highest BCUT2D eigenvalue weighted by Gasteiger charge is 2.53. The van der Waals surface area contributed by atoms with E-state index in [2.05, 4.69) is 21.2 Å². The minimum atomic E-state index is -1.39. The van der Waals surface area contributed by atoms with Gasteiger partial charge in [0.25, 0.3) is 5.91 Å². The van der Waals surface area contributed by atoms with E-state index in [1.54, 1.807) is 12.1 Å². The highest BCUT2D eigenvalue weighted by Crippen LogP contribution is 2.43. The average molecular weight is 632 g/mol. The largest absolute Gasteiger partial charge is 0.494 e. The number of benzene rings is 4. The van der Waals surface area contributed by atoms with Gasteiger partial charge in [-0.15, -0.1) is 0 Å². The third kappa shape index (κ3) is 6.72. The molecular formula is C34H32BrFN2O4. The van der Waals surface area contributed by atoms with E-state index in [9.17, 15) is 9.18 Å². The number of nitrogens with zero attached hydrogens (tertiary/aromatic N) is 1. The highest BCUT2D eigenvalue weighted by molar-refractivity contribution is 9.10. The molecule has 6 nitrogen and oxygen atoms in total. The number of amides is 1. The summed E-state index contributed by atoms with van der Waals surface area (Å²) < 4.78 is 26.4. The minimum Gasteiger partial charge on any atom is -0.494 e. The normalized spacial score (nSPS) is 17.8. The molecule has 8 heteroatoms. The summed E-state index contributed by atoms with van der Waals surface area (Å²) in [5, 5.41) is 11.8. The van der Waals surface area contributed by atoms with Crippen LogP contribution in [0.3, 0.4) is 0 Å². The van der Waals surface area contributed by atoms with Crippen molar-refractivity contribution in [2.45, 2.75) is 24.5 Å². The summed E-state index contributed by atoms with van der Waals surface area (Å²) in [6.45, 7) is -0.349. The van der Waals surface area contributed by atoms with Gasteiger partial charge in [0.05, 0.1) is 6.61 Å². The van der Waals surface area contributed by atoms with Crippen molar-refractivity contribution >= 4 is 27.7 Å². The summed E-state index contributed by atoms with van der Waals surface area (Å²) in [5.74, 6) is 0.571. The maximum absolute atomic E-state index is 13.9. The zero-order chi connectivity index (χ0) is 29.4. The molecule has 4 aromatic carbocycles. The molecule has 5 rings (SSSR count). The summed E-state index contributed by atoms with van der Waals surface area (Å²) in [7, 11) is 0. The van der Waals surface area contributed by atoms with Crippen molar-refractivity contribution in [1.29, 1.82) is 0 Å². The Kier molecular flexibility index (Phi) is 9.66. The summed E-state index contributed by atoms with van der Waals surface area (Å²) in [6.07, 6.45) is 0.0191. The number of ether oxygens (including phenoxy) is 2. The number of carbonyl (C=O) groups is 1. The second-order valence-corrected chi connectivity index (χ2v) is 10.9. The molecule has 0 aliphatic carbocycles. The van der Waals surface area contributed by atoms with Crippen LogP contribution in [-0.4, -0.2) is 48.9 Å². The lowest BCUT2D eigenvalue weighted by Gasteiger charge is -2.31. The van der Waals surface area contributed by atoms with Gasteiger partial charge in [0.15, 0.2) is 11.6 Å². The molecule has 2 atom stereocenters. The van der Waals surface area contributed by atoms with Crippen LogP contribution in [0.25, 0.3) is 11.1 Å². The number of nitrogens with one attached hydrogen (secondary N) is 1. The fourth-order valence-electron chi connectivity index (χ4n) is 4.99. The van der Waals surface area contributed by atoms with E-state index in [4.69, 9.17) is 19.6 Å². The molecule has 0 radical (unpaired) electrons. The van der Waals surface area contributed by atoms with Crippen LogP contribution in [0, 0.1) is 0 Å². The number of carbonyl (C=O) groups excluding carboxylic acids is 1. The summed E-state index contributed by atoms with van der Waals surface area (Å²) in [5.41, 5.74) is 3.09. The minimum absolute atomic E-state index is 0.0569. The van der Waals surface area contributed by atoms with Crippen molar-refractivity contribution in [1.82, 2.24) is 5.32 Å². The molecule has 1 aliphatic heterocycles. The Hall–Kier alpha value is -4.01. The van der Waals surface area contributed by atoms with Gasteiger partial charge in [0.1, 0.15) is 12.4 Å². The molecule has 42 heavy (non-hydrogen) atoms. The third-order valence-corrected chi connectivity index (χ3v) is 7.65. The van der Waals surface area contributed by atoms with E-state index in [-0.39, 0.29) is 19.6 Å². The van der Waals surface area contributed by atoms with Crippen LogP contribution in [0.4, 0.5) is 4.39 Å². The van der Waals surface area contributed by atoms with Crippen LogP contribution < -0.4 is 10.1 Å². The first-order valence-corrected chi connectivity index (χ1v) is 14.7. The number of hydrogen-bond acceptors (Lipinski definition) is 5. The van der Waals surface area contributed by atoms with E-state index in [1.807, 2.05) is 91.0 Å². The fraction of sp³-hybridized carbons (Fsp3) is 0.235. The van der Waals surface area contributed by atoms with E-state index in [0.29, 0.717) is 30.2 Å². The second kappa shape index (κ2) is 13.8. The molecule has 1 amide bonds. The van der Waals surface area contributed by atoms with Crippen molar-refractivity contribution in [3.63, 3.8) is 0 Å². The van der Waals surface area contributed by atoms with Crippen LogP contribution in [0.1, 0.15) is 29.2 Å². The maximum atomic E-state index is 13.9. The molecule has 2 N–H and O–H groups in total. The molecule has 0 saturated carbocycles. The highest BCUT2D eigenvalue weighted by atomic mass is 79.9. The number of halogens is 2. The SMILES string of the molecule is O=C(NCCF)[C@]1(Cc2ccc(Br)cc2)N=C(c2ccc(OCCCO)cc2)O[C@@H]1c1ccc(-c2ccccc2)cc1. The molecule has 0 fully saturated rings. The maximum Gasteiger partial charge on any atom is 0.252 e. The lowest BCUT2D eigenvalue weighted by Crippen LogP contribution is -2.50. The molecule has 0 saturated heterocycles. The number of hydrogen-bond donors (Lipinski definition) is 2. The van der Waals surface area contributed by atoms with Crippen LogP contribution in [0.15, 0.2) is 113 Å². The first-order valence-electron chi connectivity index (χ1n) is 13.9. The quantitative estimate of drug-likeness (QED) is 0.176.